The Kier molecular flexibility index (Phi) is 38.9. The Morgan fingerprint density at radius 3 is 0.780 bits per heavy atom. The fourth-order valence-electron chi connectivity index (χ4n) is 6.22. The molecular weight excluding hydrogens is 562 g/mol. The quantitative estimate of drug-likeness (QED) is 0.0672. The fraction of sp³-hybridized carbons (Fsp3) is 1.00. The number of hydrogen-bond donors (Lipinski definition) is 1. The molecule has 0 bridgehead atoms. The summed E-state index contributed by atoms with van der Waals surface area (Å²) in [7, 11) is 0. The van der Waals surface area contributed by atoms with Gasteiger partial charge in [-0.15, -0.1) is 0 Å². The Hall–Kier alpha value is 0.440. The van der Waals surface area contributed by atoms with Gasteiger partial charge in [-0.1, -0.05) is 201 Å². The second kappa shape index (κ2) is 36.6. The molecule has 0 radical (unpaired) electrons. The summed E-state index contributed by atoms with van der Waals surface area (Å²) in [4.78, 5) is 0. The van der Waals surface area contributed by atoms with E-state index in [-0.39, 0.29) is 17.0 Å². The molecule has 0 fully saturated rings. The highest BCUT2D eigenvalue weighted by atomic mass is 79.9. The molecule has 0 aromatic carbocycles. The van der Waals surface area contributed by atoms with Crippen LogP contribution in [0.3, 0.4) is 0 Å². The second-order valence-corrected chi connectivity index (χ2v) is 14.8. The van der Waals surface area contributed by atoms with E-state index >= 15 is 0 Å². The van der Waals surface area contributed by atoms with Gasteiger partial charge in [0.15, 0.2) is 0 Å². The van der Waals surface area contributed by atoms with E-state index in [1.807, 2.05) is 0 Å². The molecule has 250 valence electrons. The molecule has 0 heterocycles. The van der Waals surface area contributed by atoms with Gasteiger partial charge in [0.05, 0.1) is 13.1 Å². The van der Waals surface area contributed by atoms with Gasteiger partial charge >= 0.3 is 0 Å². The average Bonchev–Trinajstić information content (AvgIpc) is 2.92. The van der Waals surface area contributed by atoms with Crippen LogP contribution in [0.5, 0.6) is 0 Å². The lowest BCUT2D eigenvalue weighted by molar-refractivity contribution is -0.655. The van der Waals surface area contributed by atoms with Gasteiger partial charge in [-0.25, -0.2) is 0 Å². The summed E-state index contributed by atoms with van der Waals surface area (Å²) in [5.41, 5.74) is 0.531. The van der Waals surface area contributed by atoms with Crippen molar-refractivity contribution < 1.29 is 22.3 Å². The zero-order chi connectivity index (χ0) is 29.2. The maximum absolute atomic E-state index is 2.59. The van der Waals surface area contributed by atoms with Crippen molar-refractivity contribution in [3.63, 3.8) is 0 Å². The van der Waals surface area contributed by atoms with Crippen LogP contribution in [0, 0.1) is 5.41 Å². The summed E-state index contributed by atoms with van der Waals surface area (Å²) < 4.78 is 0. The first-order valence-electron chi connectivity index (χ1n) is 19.4. The molecule has 0 aliphatic rings. The van der Waals surface area contributed by atoms with Crippen molar-refractivity contribution in [2.75, 3.05) is 13.1 Å². The van der Waals surface area contributed by atoms with Gasteiger partial charge in [0.1, 0.15) is 0 Å². The second-order valence-electron chi connectivity index (χ2n) is 14.8. The number of hydrogen-bond acceptors (Lipinski definition) is 0. The number of halogens is 1. The van der Waals surface area contributed by atoms with Crippen molar-refractivity contribution in [3.8, 4) is 0 Å². The Labute approximate surface area is 273 Å². The van der Waals surface area contributed by atoms with Crippen molar-refractivity contribution in [1.82, 2.24) is 0 Å². The van der Waals surface area contributed by atoms with Crippen LogP contribution in [0.2, 0.25) is 0 Å². The van der Waals surface area contributed by atoms with Crippen molar-refractivity contribution >= 4 is 0 Å². The topological polar surface area (TPSA) is 16.6 Å². The molecule has 0 aliphatic heterocycles. The number of quaternary nitrogens is 1. The van der Waals surface area contributed by atoms with Crippen LogP contribution in [0.1, 0.15) is 233 Å². The van der Waals surface area contributed by atoms with Gasteiger partial charge in [-0.2, -0.15) is 0 Å². The Balaban J connectivity index is 0. The molecule has 0 saturated heterocycles. The minimum atomic E-state index is 0. The van der Waals surface area contributed by atoms with Gasteiger partial charge in [-0.3, -0.25) is 0 Å². The van der Waals surface area contributed by atoms with Crippen LogP contribution in [0.4, 0.5) is 0 Å². The fourth-order valence-corrected chi connectivity index (χ4v) is 6.22. The molecule has 0 aromatic rings. The van der Waals surface area contributed by atoms with Crippen molar-refractivity contribution in [2.24, 2.45) is 5.41 Å². The van der Waals surface area contributed by atoms with Crippen LogP contribution in [-0.4, -0.2) is 13.1 Å². The first kappa shape index (κ1) is 43.6. The summed E-state index contributed by atoms with van der Waals surface area (Å²) in [6.45, 7) is 12.2. The van der Waals surface area contributed by atoms with Crippen LogP contribution in [-0.2, 0) is 0 Å². The standard InChI is InChI=1S/C39H81N.BrH/c1-5-6-7-8-9-10-11-12-13-16-19-22-25-28-31-34-37-40-38-35-32-29-26-23-20-17-14-15-18-21-24-27-30-33-36-39(2,3)4;/h40H,5-38H2,1-4H3;1H. The van der Waals surface area contributed by atoms with E-state index in [2.05, 4.69) is 33.0 Å². The molecule has 0 aromatic heterocycles. The molecule has 2 N–H and O–H groups in total. The Bertz CT molecular complexity index is 443. The van der Waals surface area contributed by atoms with Crippen LogP contribution in [0.25, 0.3) is 0 Å². The third-order valence-corrected chi connectivity index (χ3v) is 9.10. The Morgan fingerprint density at radius 1 is 0.317 bits per heavy atom. The molecule has 0 aliphatic carbocycles. The molecule has 2 heteroatoms. The molecule has 0 spiro atoms. The van der Waals surface area contributed by atoms with Gasteiger partial charge in [-0.05, 0) is 37.5 Å². The first-order valence-corrected chi connectivity index (χ1v) is 19.4. The Morgan fingerprint density at radius 2 is 0.537 bits per heavy atom. The highest BCUT2D eigenvalue weighted by molar-refractivity contribution is 4.61. The summed E-state index contributed by atoms with van der Waals surface area (Å²) in [6, 6.07) is 0. The van der Waals surface area contributed by atoms with E-state index in [4.69, 9.17) is 0 Å². The minimum absolute atomic E-state index is 0. The zero-order valence-electron chi connectivity index (χ0n) is 29.5. The average molecular weight is 645 g/mol. The molecule has 41 heavy (non-hydrogen) atoms. The molecule has 0 atom stereocenters. The molecule has 1 nitrogen and oxygen atoms in total. The molecule has 0 amide bonds. The number of unbranched alkanes of at least 4 members (excludes halogenated alkanes) is 29. The maximum Gasteiger partial charge on any atom is 0.0755 e. The SMILES string of the molecule is CCCCCCCCCCCCCCCCCC[NH2+]CCCCCCCCCCCCCCCCCC(C)(C)C.[Br-]. The van der Waals surface area contributed by atoms with Gasteiger partial charge in [0.25, 0.3) is 0 Å². The minimum Gasteiger partial charge on any atom is -1.00 e. The third kappa shape index (κ3) is 42.6. The molecular formula is C39H82BrN. The third-order valence-electron chi connectivity index (χ3n) is 9.10. The number of nitrogens with two attached hydrogens (primary N) is 1. The van der Waals surface area contributed by atoms with E-state index in [0.29, 0.717) is 5.41 Å². The lowest BCUT2D eigenvalue weighted by Gasteiger charge is -2.17. The summed E-state index contributed by atoms with van der Waals surface area (Å²) >= 11 is 0. The van der Waals surface area contributed by atoms with E-state index < -0.39 is 0 Å². The highest BCUT2D eigenvalue weighted by Gasteiger charge is 2.08. The monoisotopic (exact) mass is 644 g/mol. The highest BCUT2D eigenvalue weighted by Crippen LogP contribution is 2.23. The van der Waals surface area contributed by atoms with Crippen LogP contribution < -0.4 is 22.3 Å². The largest absolute Gasteiger partial charge is 1.00 e. The van der Waals surface area contributed by atoms with Crippen LogP contribution >= 0.6 is 0 Å². The first-order chi connectivity index (χ1) is 19.6. The van der Waals surface area contributed by atoms with E-state index in [0.717, 1.165) is 0 Å². The normalized spacial score (nSPS) is 11.7. The van der Waals surface area contributed by atoms with Crippen molar-refractivity contribution in [3.05, 3.63) is 0 Å². The molecule has 0 rings (SSSR count). The van der Waals surface area contributed by atoms with E-state index in [1.165, 1.54) is 219 Å². The predicted molar refractivity (Wildman–Crippen MR) is 185 cm³/mol. The van der Waals surface area contributed by atoms with E-state index in [1.54, 1.807) is 0 Å². The van der Waals surface area contributed by atoms with Gasteiger partial charge < -0.3 is 22.3 Å². The van der Waals surface area contributed by atoms with Crippen LogP contribution in [0.15, 0.2) is 0 Å². The summed E-state index contributed by atoms with van der Waals surface area (Å²) in [5, 5.41) is 2.59. The molecule has 0 unspecified atom stereocenters. The van der Waals surface area contributed by atoms with Crippen molar-refractivity contribution in [1.29, 1.82) is 0 Å². The smallest absolute Gasteiger partial charge is 0.0755 e. The summed E-state index contributed by atoms with van der Waals surface area (Å²) in [5.74, 6) is 0. The zero-order valence-corrected chi connectivity index (χ0v) is 31.1. The maximum atomic E-state index is 2.59. The van der Waals surface area contributed by atoms with Gasteiger partial charge in [0.2, 0.25) is 0 Å². The lowest BCUT2D eigenvalue weighted by atomic mass is 9.89. The van der Waals surface area contributed by atoms with E-state index in [9.17, 15) is 0 Å². The lowest BCUT2D eigenvalue weighted by Crippen LogP contribution is -3.00. The predicted octanol–water partition coefficient (Wildman–Crippen LogP) is 10.1. The number of rotatable bonds is 34. The molecule has 0 saturated carbocycles. The van der Waals surface area contributed by atoms with Crippen molar-refractivity contribution in [2.45, 2.75) is 233 Å². The van der Waals surface area contributed by atoms with Gasteiger partial charge in [0, 0.05) is 0 Å². The summed E-state index contributed by atoms with van der Waals surface area (Å²) in [6.07, 6.45) is 47.0.